The molecule has 0 bridgehead atoms. The molecule has 7 heteroatoms. The third-order valence-electron chi connectivity index (χ3n) is 14.1. The first kappa shape index (κ1) is 34.3. The number of aliphatic hydroxyl groups excluding tert-OH is 4. The molecule has 0 aromatic heterocycles. The predicted molar refractivity (Wildman–Crippen MR) is 170 cm³/mol. The van der Waals surface area contributed by atoms with Gasteiger partial charge in [-0.15, -0.1) is 0 Å². The minimum atomic E-state index is -0.818. The van der Waals surface area contributed by atoms with Crippen LogP contribution in [0.15, 0.2) is 11.6 Å². The second-order valence-electron chi connectivity index (χ2n) is 16.9. The third-order valence-corrected chi connectivity index (χ3v) is 14.1. The first-order valence-electron chi connectivity index (χ1n) is 17.9. The van der Waals surface area contributed by atoms with Crippen molar-refractivity contribution in [2.45, 2.75) is 150 Å². The van der Waals surface area contributed by atoms with Gasteiger partial charge in [0.15, 0.2) is 0 Å². The highest BCUT2D eigenvalue weighted by atomic mass is 16.7. The van der Waals surface area contributed by atoms with Crippen molar-refractivity contribution in [3.8, 4) is 0 Å². The van der Waals surface area contributed by atoms with Gasteiger partial charge in [-0.2, -0.15) is 0 Å². The maximum atomic E-state index is 14.2. The van der Waals surface area contributed by atoms with Crippen LogP contribution in [0.1, 0.15) is 126 Å². The van der Waals surface area contributed by atoms with E-state index in [2.05, 4.69) is 40.7 Å². The van der Waals surface area contributed by atoms with E-state index in [1.54, 1.807) is 0 Å². The largest absolute Gasteiger partial charge is 0.435 e. The third kappa shape index (κ3) is 5.33. The number of allylic oxidation sites excluding steroid dienone is 2. The summed E-state index contributed by atoms with van der Waals surface area (Å²) >= 11 is 0. The summed E-state index contributed by atoms with van der Waals surface area (Å²) in [5.41, 5.74) is 0.767. The van der Waals surface area contributed by atoms with E-state index < -0.39 is 35.4 Å². The van der Waals surface area contributed by atoms with E-state index in [-0.39, 0.29) is 47.8 Å². The van der Waals surface area contributed by atoms with Crippen LogP contribution >= 0.6 is 0 Å². The highest BCUT2D eigenvalue weighted by Gasteiger charge is 2.66. The molecule has 4 N–H and O–H groups in total. The van der Waals surface area contributed by atoms with Gasteiger partial charge in [-0.1, -0.05) is 60.1 Å². The Morgan fingerprint density at radius 3 is 2.27 bits per heavy atom. The van der Waals surface area contributed by atoms with Gasteiger partial charge in [-0.3, -0.25) is 4.79 Å². The zero-order chi connectivity index (χ0) is 32.3. The van der Waals surface area contributed by atoms with Crippen LogP contribution in [-0.2, 0) is 14.3 Å². The molecule has 252 valence electrons. The number of carbonyl (C=O) groups excluding carboxylic acids is 1. The highest BCUT2D eigenvalue weighted by Crippen LogP contribution is 2.72. The number of fused-ring (bicyclic) bond motifs is 7. The van der Waals surface area contributed by atoms with E-state index in [9.17, 15) is 25.2 Å². The smallest absolute Gasteiger partial charge is 0.314 e. The molecule has 5 fully saturated rings. The lowest BCUT2D eigenvalue weighted by Crippen LogP contribution is -2.63. The lowest BCUT2D eigenvalue weighted by atomic mass is 9.37. The van der Waals surface area contributed by atoms with Gasteiger partial charge in [0.1, 0.15) is 0 Å². The second kappa shape index (κ2) is 12.2. The van der Waals surface area contributed by atoms with Crippen LogP contribution in [0, 0.1) is 50.7 Å². The lowest BCUT2D eigenvalue weighted by Gasteiger charge is -2.68. The molecular weight excluding hydrogens is 556 g/mol. The molecule has 1 heterocycles. The number of esters is 1. The van der Waals surface area contributed by atoms with Crippen molar-refractivity contribution in [3.63, 3.8) is 0 Å². The molecule has 6 rings (SSSR count). The van der Waals surface area contributed by atoms with Gasteiger partial charge < -0.3 is 29.9 Å². The zero-order valence-electron chi connectivity index (χ0n) is 28.6. The summed E-state index contributed by atoms with van der Waals surface area (Å²) in [6.45, 7) is 15.6. The summed E-state index contributed by atoms with van der Waals surface area (Å²) in [7, 11) is 0. The Labute approximate surface area is 266 Å². The monoisotopic (exact) mass is 618 g/mol. The molecule has 0 amide bonds. The van der Waals surface area contributed by atoms with Crippen LogP contribution in [0.25, 0.3) is 0 Å². The Morgan fingerprint density at radius 2 is 1.59 bits per heavy atom. The topological polar surface area (TPSA) is 116 Å². The number of ether oxygens (including phenoxy) is 2. The normalized spacial score (nSPS) is 49.5. The molecular formula is C37H62O7. The van der Waals surface area contributed by atoms with Crippen LogP contribution in [0.4, 0.5) is 0 Å². The Hall–Kier alpha value is -0.990. The minimum Gasteiger partial charge on any atom is -0.435 e. The fraction of sp³-hybridized carbons (Fsp3) is 0.919. The van der Waals surface area contributed by atoms with Crippen LogP contribution < -0.4 is 0 Å². The minimum absolute atomic E-state index is 0.0327. The van der Waals surface area contributed by atoms with E-state index in [4.69, 9.17) is 9.47 Å². The Balaban J connectivity index is 0.00000188. The van der Waals surface area contributed by atoms with Crippen molar-refractivity contribution in [2.24, 2.45) is 50.7 Å². The molecule has 7 nitrogen and oxygen atoms in total. The van der Waals surface area contributed by atoms with Gasteiger partial charge in [0.25, 0.3) is 0 Å². The number of aliphatic hydroxyl groups is 4. The quantitative estimate of drug-likeness (QED) is 0.220. The average molecular weight is 619 g/mol. The SMILES string of the molecule is CC.CC1(C)CCC2(C(=O)O[C@H]3CC(O)CC(CO)O3)CCC3C(=CCC4C3(C)CCC3C4(C)CCC(O)[C@]3(C)CO)C2C1. The predicted octanol–water partition coefficient (Wildman–Crippen LogP) is 6.16. The maximum absolute atomic E-state index is 14.2. The Bertz CT molecular complexity index is 1090. The number of carbonyl (C=O) groups is 1. The summed E-state index contributed by atoms with van der Waals surface area (Å²) < 4.78 is 12.0. The summed E-state index contributed by atoms with van der Waals surface area (Å²) in [4.78, 5) is 14.2. The van der Waals surface area contributed by atoms with Crippen LogP contribution in [0.2, 0.25) is 0 Å². The van der Waals surface area contributed by atoms with Gasteiger partial charge >= 0.3 is 5.97 Å². The van der Waals surface area contributed by atoms with Crippen molar-refractivity contribution >= 4 is 5.97 Å². The van der Waals surface area contributed by atoms with Gasteiger partial charge in [-0.25, -0.2) is 0 Å². The molecule has 0 radical (unpaired) electrons. The lowest BCUT2D eigenvalue weighted by molar-refractivity contribution is -0.234. The van der Waals surface area contributed by atoms with Crippen molar-refractivity contribution in [3.05, 3.63) is 11.6 Å². The molecule has 0 aromatic carbocycles. The second-order valence-corrected chi connectivity index (χ2v) is 16.9. The summed E-state index contributed by atoms with van der Waals surface area (Å²) in [6.07, 6.45) is 10.1. The van der Waals surface area contributed by atoms with E-state index in [0.29, 0.717) is 24.2 Å². The van der Waals surface area contributed by atoms with Gasteiger partial charge in [0.2, 0.25) is 6.29 Å². The molecule has 4 saturated carbocycles. The van der Waals surface area contributed by atoms with Crippen LogP contribution in [-0.4, -0.2) is 64.2 Å². The Morgan fingerprint density at radius 1 is 0.886 bits per heavy atom. The number of hydrogen-bond acceptors (Lipinski definition) is 7. The average Bonchev–Trinajstić information content (AvgIpc) is 2.99. The van der Waals surface area contributed by atoms with Crippen molar-refractivity contribution in [1.82, 2.24) is 0 Å². The fourth-order valence-corrected chi connectivity index (χ4v) is 11.7. The molecule has 10 unspecified atom stereocenters. The van der Waals surface area contributed by atoms with E-state index in [0.717, 1.165) is 64.2 Å². The van der Waals surface area contributed by atoms with Crippen molar-refractivity contribution in [1.29, 1.82) is 0 Å². The standard InChI is InChI=1S/C35H56O7.C2H6/c1-31(2)14-15-35(30(40)42-29-17-21(38)16-22(19-36)41-29)13-8-24-23(25(35)18-31)6-7-26-32(24,3)11-9-27-33(26,4)12-10-28(39)34(27,5)20-37;1-2/h6,21-22,24-29,36-39H,7-20H2,1-5H3;1-2H3/t21?,22?,24?,25?,26?,27?,28?,29-,32?,33?,34+,35?;/m0./s1. The molecule has 5 aliphatic carbocycles. The summed E-state index contributed by atoms with van der Waals surface area (Å²) in [5.74, 6) is 1.16. The highest BCUT2D eigenvalue weighted by molar-refractivity contribution is 5.78. The molecule has 0 spiro atoms. The number of hydrogen-bond donors (Lipinski definition) is 4. The van der Waals surface area contributed by atoms with Crippen LogP contribution in [0.3, 0.4) is 0 Å². The molecule has 6 aliphatic rings. The molecule has 1 saturated heterocycles. The zero-order valence-corrected chi connectivity index (χ0v) is 28.6. The summed E-state index contributed by atoms with van der Waals surface area (Å²) in [5, 5.41) is 41.5. The molecule has 44 heavy (non-hydrogen) atoms. The van der Waals surface area contributed by atoms with Crippen molar-refractivity contribution < 1.29 is 34.7 Å². The molecule has 0 aromatic rings. The first-order chi connectivity index (χ1) is 20.7. The number of rotatable bonds is 4. The first-order valence-corrected chi connectivity index (χ1v) is 17.9. The van der Waals surface area contributed by atoms with Gasteiger partial charge in [0, 0.05) is 18.3 Å². The van der Waals surface area contributed by atoms with Crippen LogP contribution in [0.5, 0.6) is 0 Å². The Kier molecular flexibility index (Phi) is 9.55. The molecule has 12 atom stereocenters. The summed E-state index contributed by atoms with van der Waals surface area (Å²) in [6, 6.07) is 0. The van der Waals surface area contributed by atoms with Crippen molar-refractivity contribution in [2.75, 3.05) is 13.2 Å². The van der Waals surface area contributed by atoms with Gasteiger partial charge in [0.05, 0.1) is 36.9 Å². The van der Waals surface area contributed by atoms with Gasteiger partial charge in [-0.05, 0) is 104 Å². The van der Waals surface area contributed by atoms with E-state index >= 15 is 0 Å². The maximum Gasteiger partial charge on any atom is 0.314 e. The van der Waals surface area contributed by atoms with E-state index in [1.165, 1.54) is 5.57 Å². The fourth-order valence-electron chi connectivity index (χ4n) is 11.7. The van der Waals surface area contributed by atoms with E-state index in [1.807, 2.05) is 13.8 Å². The molecule has 1 aliphatic heterocycles.